The fourth-order valence-electron chi connectivity index (χ4n) is 2.70. The summed E-state index contributed by atoms with van der Waals surface area (Å²) in [6, 6.07) is 21.3. The summed E-state index contributed by atoms with van der Waals surface area (Å²) < 4.78 is 0. The first-order valence-corrected chi connectivity index (χ1v) is 9.92. The lowest BCUT2D eigenvalue weighted by atomic mass is 10.1. The standard InChI is InChI=1S/C23H19Cl2N3O2/c1-15(27-28-22(29)13-16-5-3-2-4-6-16)17-7-10-19(11-8-17)26-23(30)20-12-9-18(24)14-21(20)25/h2-12,14H,13H2,1H3,(H,26,30)(H,28,29). The maximum Gasteiger partial charge on any atom is 0.257 e. The number of rotatable bonds is 6. The Kier molecular flexibility index (Phi) is 7.22. The number of benzene rings is 3. The number of carbonyl (C=O) groups excluding carboxylic acids is 2. The Bertz CT molecular complexity index is 1080. The predicted octanol–water partition coefficient (Wildman–Crippen LogP) is 5.33. The third-order valence-electron chi connectivity index (χ3n) is 4.29. The number of halogens is 2. The van der Waals surface area contributed by atoms with E-state index in [4.69, 9.17) is 23.2 Å². The van der Waals surface area contributed by atoms with Crippen molar-refractivity contribution in [2.75, 3.05) is 5.32 Å². The largest absolute Gasteiger partial charge is 0.322 e. The van der Waals surface area contributed by atoms with Gasteiger partial charge in [-0.1, -0.05) is 65.7 Å². The molecule has 0 spiro atoms. The van der Waals surface area contributed by atoms with Gasteiger partial charge in [0.2, 0.25) is 5.91 Å². The lowest BCUT2D eigenvalue weighted by Gasteiger charge is -2.08. The highest BCUT2D eigenvalue weighted by atomic mass is 35.5. The molecule has 30 heavy (non-hydrogen) atoms. The van der Waals surface area contributed by atoms with Crippen LogP contribution in [-0.2, 0) is 11.2 Å². The normalized spacial score (nSPS) is 11.1. The Balaban J connectivity index is 1.59. The van der Waals surface area contributed by atoms with E-state index in [0.29, 0.717) is 22.0 Å². The molecule has 7 heteroatoms. The molecular weight excluding hydrogens is 421 g/mol. The highest BCUT2D eigenvalue weighted by molar-refractivity contribution is 6.37. The van der Waals surface area contributed by atoms with Crippen molar-refractivity contribution < 1.29 is 9.59 Å². The Morgan fingerprint density at radius 1 is 0.933 bits per heavy atom. The molecule has 3 aromatic rings. The fraction of sp³-hybridized carbons (Fsp3) is 0.0870. The predicted molar refractivity (Wildman–Crippen MR) is 121 cm³/mol. The smallest absolute Gasteiger partial charge is 0.257 e. The van der Waals surface area contributed by atoms with Crippen molar-refractivity contribution in [1.29, 1.82) is 0 Å². The van der Waals surface area contributed by atoms with Crippen molar-refractivity contribution in [2.24, 2.45) is 5.10 Å². The van der Waals surface area contributed by atoms with E-state index in [-0.39, 0.29) is 23.3 Å². The molecule has 0 fully saturated rings. The van der Waals surface area contributed by atoms with Crippen molar-refractivity contribution in [3.8, 4) is 0 Å². The van der Waals surface area contributed by atoms with Crippen LogP contribution in [-0.4, -0.2) is 17.5 Å². The van der Waals surface area contributed by atoms with Crippen molar-refractivity contribution in [1.82, 2.24) is 5.43 Å². The van der Waals surface area contributed by atoms with Gasteiger partial charge in [0.15, 0.2) is 0 Å². The quantitative estimate of drug-likeness (QED) is 0.402. The first kappa shape index (κ1) is 21.6. The Hall–Kier alpha value is -3.15. The molecule has 0 heterocycles. The van der Waals surface area contributed by atoms with E-state index in [1.807, 2.05) is 30.3 Å². The number of anilines is 1. The van der Waals surface area contributed by atoms with E-state index in [1.165, 1.54) is 6.07 Å². The highest BCUT2D eigenvalue weighted by Crippen LogP contribution is 2.22. The first-order chi connectivity index (χ1) is 14.4. The van der Waals surface area contributed by atoms with Crippen molar-refractivity contribution in [3.63, 3.8) is 0 Å². The molecule has 152 valence electrons. The molecule has 2 amide bonds. The Morgan fingerprint density at radius 2 is 1.63 bits per heavy atom. The number of hydrogen-bond acceptors (Lipinski definition) is 3. The van der Waals surface area contributed by atoms with Crippen LogP contribution in [0.4, 0.5) is 5.69 Å². The molecule has 3 aromatic carbocycles. The SMILES string of the molecule is CC(=NNC(=O)Cc1ccccc1)c1ccc(NC(=O)c2ccc(Cl)cc2Cl)cc1. The number of carbonyl (C=O) groups is 2. The minimum absolute atomic E-state index is 0.190. The number of hydrazone groups is 1. The minimum atomic E-state index is -0.331. The zero-order valence-corrected chi connectivity index (χ0v) is 17.7. The van der Waals surface area contributed by atoms with Crippen LogP contribution in [0.2, 0.25) is 10.0 Å². The molecule has 0 bridgehead atoms. The van der Waals surface area contributed by atoms with Crippen LogP contribution in [0, 0.1) is 0 Å². The first-order valence-electron chi connectivity index (χ1n) is 9.16. The average Bonchev–Trinajstić information content (AvgIpc) is 2.73. The van der Waals surface area contributed by atoms with Gasteiger partial charge in [-0.25, -0.2) is 5.43 Å². The van der Waals surface area contributed by atoms with Gasteiger partial charge in [0.05, 0.1) is 22.7 Å². The molecule has 0 aliphatic carbocycles. The second-order valence-corrected chi connectivity index (χ2v) is 7.39. The molecule has 0 atom stereocenters. The zero-order chi connectivity index (χ0) is 21.5. The van der Waals surface area contributed by atoms with Gasteiger partial charge in [0, 0.05) is 10.7 Å². The molecule has 0 aliphatic heterocycles. The lowest BCUT2D eigenvalue weighted by Crippen LogP contribution is -2.21. The van der Waals surface area contributed by atoms with E-state index < -0.39 is 0 Å². The van der Waals surface area contributed by atoms with Crippen LogP contribution >= 0.6 is 23.2 Å². The molecule has 0 saturated carbocycles. The summed E-state index contributed by atoms with van der Waals surface area (Å²) in [5.41, 5.74) is 5.89. The minimum Gasteiger partial charge on any atom is -0.322 e. The van der Waals surface area contributed by atoms with Gasteiger partial charge in [-0.05, 0) is 48.4 Å². The second-order valence-electron chi connectivity index (χ2n) is 6.55. The van der Waals surface area contributed by atoms with E-state index in [1.54, 1.807) is 43.3 Å². The van der Waals surface area contributed by atoms with Crippen LogP contribution in [0.25, 0.3) is 0 Å². The molecule has 0 aliphatic rings. The van der Waals surface area contributed by atoms with Gasteiger partial charge in [0.1, 0.15) is 0 Å². The molecule has 0 saturated heterocycles. The molecule has 0 radical (unpaired) electrons. The van der Waals surface area contributed by atoms with Gasteiger partial charge in [-0.3, -0.25) is 9.59 Å². The number of amides is 2. The molecule has 5 nitrogen and oxygen atoms in total. The van der Waals surface area contributed by atoms with Crippen molar-refractivity contribution in [3.05, 3.63) is 99.5 Å². The van der Waals surface area contributed by atoms with Gasteiger partial charge < -0.3 is 5.32 Å². The summed E-state index contributed by atoms with van der Waals surface area (Å²) in [6.07, 6.45) is 0.260. The van der Waals surface area contributed by atoms with Crippen LogP contribution < -0.4 is 10.7 Å². The summed E-state index contributed by atoms with van der Waals surface area (Å²) in [6.45, 7) is 1.80. The third kappa shape index (κ3) is 5.92. The molecule has 2 N–H and O–H groups in total. The van der Waals surface area contributed by atoms with Crippen LogP contribution in [0.5, 0.6) is 0 Å². The van der Waals surface area contributed by atoms with Gasteiger partial charge in [0.25, 0.3) is 5.91 Å². The lowest BCUT2D eigenvalue weighted by molar-refractivity contribution is -0.120. The van der Waals surface area contributed by atoms with Crippen LogP contribution in [0.3, 0.4) is 0 Å². The summed E-state index contributed by atoms with van der Waals surface area (Å²) in [5, 5.41) is 7.68. The van der Waals surface area contributed by atoms with E-state index in [9.17, 15) is 9.59 Å². The molecule has 3 rings (SSSR count). The fourth-order valence-corrected chi connectivity index (χ4v) is 3.19. The summed E-state index contributed by atoms with van der Waals surface area (Å²) in [4.78, 5) is 24.4. The Labute approximate surface area is 184 Å². The van der Waals surface area contributed by atoms with Gasteiger partial charge in [-0.2, -0.15) is 5.10 Å². The van der Waals surface area contributed by atoms with Crippen molar-refractivity contribution >= 4 is 46.4 Å². The van der Waals surface area contributed by atoms with Crippen LogP contribution in [0.1, 0.15) is 28.4 Å². The summed E-state index contributed by atoms with van der Waals surface area (Å²) in [5.74, 6) is -0.521. The summed E-state index contributed by atoms with van der Waals surface area (Å²) >= 11 is 11.9. The highest BCUT2D eigenvalue weighted by Gasteiger charge is 2.11. The third-order valence-corrected chi connectivity index (χ3v) is 4.84. The zero-order valence-electron chi connectivity index (χ0n) is 16.2. The number of nitrogens with zero attached hydrogens (tertiary/aromatic N) is 1. The maximum absolute atomic E-state index is 12.4. The topological polar surface area (TPSA) is 70.6 Å². The van der Waals surface area contributed by atoms with E-state index >= 15 is 0 Å². The summed E-state index contributed by atoms with van der Waals surface area (Å²) in [7, 11) is 0. The van der Waals surface area contributed by atoms with Gasteiger partial charge in [-0.15, -0.1) is 0 Å². The number of nitrogens with one attached hydrogen (secondary N) is 2. The second kappa shape index (κ2) is 10.1. The molecule has 0 unspecified atom stereocenters. The monoisotopic (exact) mass is 439 g/mol. The maximum atomic E-state index is 12.4. The van der Waals surface area contributed by atoms with Gasteiger partial charge >= 0.3 is 0 Å². The number of hydrogen-bond donors (Lipinski definition) is 2. The van der Waals surface area contributed by atoms with Crippen LogP contribution in [0.15, 0.2) is 77.9 Å². The van der Waals surface area contributed by atoms with E-state index in [0.717, 1.165) is 11.1 Å². The molecular formula is C23H19Cl2N3O2. The van der Waals surface area contributed by atoms with E-state index in [2.05, 4.69) is 15.8 Å². The molecule has 0 aromatic heterocycles. The average molecular weight is 440 g/mol. The Morgan fingerprint density at radius 3 is 2.30 bits per heavy atom. The van der Waals surface area contributed by atoms with Crippen molar-refractivity contribution in [2.45, 2.75) is 13.3 Å².